The number of nitrogens with zero attached hydrogens (tertiary/aromatic N) is 3. The van der Waals surface area contributed by atoms with E-state index in [1.54, 1.807) is 6.08 Å². The van der Waals surface area contributed by atoms with Crippen molar-refractivity contribution in [3.8, 4) is 22.5 Å². The maximum Gasteiger partial charge on any atom is 0.135 e. The zero-order chi connectivity index (χ0) is 23.9. The fourth-order valence-corrected chi connectivity index (χ4v) is 4.94. The number of H-pyrrole nitrogens is 2. The molecule has 0 unspecified atom stereocenters. The first-order valence-electron chi connectivity index (χ1n) is 11.9. The van der Waals surface area contributed by atoms with E-state index in [1.807, 2.05) is 43.6 Å². The highest BCUT2D eigenvalue weighted by Crippen LogP contribution is 2.35. The molecule has 0 bridgehead atoms. The van der Waals surface area contributed by atoms with E-state index in [4.69, 9.17) is 10.7 Å². The van der Waals surface area contributed by atoms with Crippen molar-refractivity contribution in [3.63, 3.8) is 0 Å². The highest BCUT2D eigenvalue weighted by molar-refractivity contribution is 6.00. The van der Waals surface area contributed by atoms with E-state index in [0.717, 1.165) is 56.6 Å². The third-order valence-corrected chi connectivity index (χ3v) is 6.78. The molecule has 0 aliphatic heterocycles. The smallest absolute Gasteiger partial charge is 0.135 e. The summed E-state index contributed by atoms with van der Waals surface area (Å²) in [5, 5.41) is 8.84. The predicted molar refractivity (Wildman–Crippen MR) is 143 cm³/mol. The molecule has 4 heterocycles. The molecule has 172 valence electrons. The molecule has 0 radical (unpaired) electrons. The van der Waals surface area contributed by atoms with E-state index in [1.165, 1.54) is 29.5 Å². The van der Waals surface area contributed by atoms with Gasteiger partial charge in [-0.25, -0.2) is 4.98 Å². The first kappa shape index (κ1) is 21.1. The number of pyridine rings is 2. The molecule has 4 N–H and O–H groups in total. The van der Waals surface area contributed by atoms with Gasteiger partial charge in [0.1, 0.15) is 11.2 Å². The number of hydrogen-bond acceptors (Lipinski definition) is 4. The maximum absolute atomic E-state index is 5.98. The fourth-order valence-electron chi connectivity index (χ4n) is 4.94. The van der Waals surface area contributed by atoms with Gasteiger partial charge in [-0.15, -0.1) is 0 Å². The number of aromatic amines is 2. The number of nitrogens with one attached hydrogen (secondary N) is 2. The van der Waals surface area contributed by atoms with Crippen LogP contribution in [0, 0.1) is 0 Å². The zero-order valence-electron chi connectivity index (χ0n) is 19.6. The second-order valence-electron chi connectivity index (χ2n) is 8.93. The van der Waals surface area contributed by atoms with Crippen LogP contribution in [0.1, 0.15) is 30.2 Å². The summed E-state index contributed by atoms with van der Waals surface area (Å²) >= 11 is 0. The van der Waals surface area contributed by atoms with Crippen LogP contribution in [0.2, 0.25) is 0 Å². The van der Waals surface area contributed by atoms with E-state index in [-0.39, 0.29) is 0 Å². The van der Waals surface area contributed by atoms with E-state index in [0.29, 0.717) is 5.70 Å². The van der Waals surface area contributed by atoms with Gasteiger partial charge >= 0.3 is 0 Å². The highest BCUT2D eigenvalue weighted by Gasteiger charge is 2.17. The molecular weight excluding hydrogens is 432 g/mol. The minimum absolute atomic E-state index is 0.592. The van der Waals surface area contributed by atoms with E-state index in [9.17, 15) is 0 Å². The van der Waals surface area contributed by atoms with Gasteiger partial charge in [-0.3, -0.25) is 10.1 Å². The van der Waals surface area contributed by atoms with Gasteiger partial charge in [0.25, 0.3) is 0 Å². The van der Waals surface area contributed by atoms with Crippen molar-refractivity contribution in [2.45, 2.75) is 26.2 Å². The molecule has 35 heavy (non-hydrogen) atoms. The molecular formula is C29H26N6. The monoisotopic (exact) mass is 458 g/mol. The molecule has 5 aromatic rings. The summed E-state index contributed by atoms with van der Waals surface area (Å²) in [6.45, 7) is 5.71. The lowest BCUT2D eigenvalue weighted by atomic mass is 9.99. The largest absolute Gasteiger partial charge is 0.399 e. The molecule has 1 aliphatic carbocycles. The second-order valence-corrected chi connectivity index (χ2v) is 8.93. The minimum atomic E-state index is 0.592. The number of hydrogen-bond donors (Lipinski definition) is 3. The number of rotatable bonds is 5. The maximum atomic E-state index is 5.98. The minimum Gasteiger partial charge on any atom is -0.399 e. The van der Waals surface area contributed by atoms with Gasteiger partial charge in [0, 0.05) is 22.8 Å². The summed E-state index contributed by atoms with van der Waals surface area (Å²) < 4.78 is 0. The van der Waals surface area contributed by atoms with Crippen LogP contribution in [-0.4, -0.2) is 25.1 Å². The van der Waals surface area contributed by atoms with Crippen molar-refractivity contribution >= 4 is 27.5 Å². The molecule has 0 amide bonds. The summed E-state index contributed by atoms with van der Waals surface area (Å²) in [6, 6.07) is 12.9. The molecule has 0 saturated heterocycles. The third-order valence-electron chi connectivity index (χ3n) is 6.78. The molecule has 0 spiro atoms. The van der Waals surface area contributed by atoms with E-state index >= 15 is 0 Å². The standard InChI is InChI=1S/C29H26N6/c1-3-17(13-21(30)4-2)24-10-11-25-28(33-24)29(35-34-25)26-14-22-23(15-31-16-27(22)32-26)20-9-8-18-6-5-7-19(18)12-20/h3-4,8-16,32H,2,5-7,30H2,1H3,(H,34,35)/b17-3+,21-13+. The van der Waals surface area contributed by atoms with Gasteiger partial charge in [0.05, 0.1) is 28.6 Å². The van der Waals surface area contributed by atoms with Crippen LogP contribution in [0.4, 0.5) is 0 Å². The van der Waals surface area contributed by atoms with Crippen molar-refractivity contribution in [3.05, 3.63) is 96.1 Å². The number of aryl methyl sites for hydroxylation is 2. The summed E-state index contributed by atoms with van der Waals surface area (Å²) in [4.78, 5) is 13.0. The Morgan fingerprint density at radius 1 is 1.06 bits per heavy atom. The zero-order valence-corrected chi connectivity index (χ0v) is 19.6. The lowest BCUT2D eigenvalue weighted by Gasteiger charge is -2.06. The summed E-state index contributed by atoms with van der Waals surface area (Å²) in [5.74, 6) is 0. The van der Waals surface area contributed by atoms with Gasteiger partial charge in [0.15, 0.2) is 0 Å². The first-order chi connectivity index (χ1) is 17.1. The van der Waals surface area contributed by atoms with Gasteiger partial charge in [-0.2, -0.15) is 5.10 Å². The predicted octanol–water partition coefficient (Wildman–Crippen LogP) is 6.09. The molecule has 6 heteroatoms. The molecule has 0 saturated carbocycles. The van der Waals surface area contributed by atoms with Crippen LogP contribution in [0.15, 0.2) is 79.3 Å². The third kappa shape index (κ3) is 3.64. The number of benzene rings is 1. The number of allylic oxidation sites excluding steroid dienone is 4. The quantitative estimate of drug-likeness (QED) is 0.278. The topological polar surface area (TPSA) is 96.3 Å². The first-order valence-corrected chi connectivity index (χ1v) is 11.9. The number of nitrogens with two attached hydrogens (primary N) is 1. The molecule has 0 atom stereocenters. The van der Waals surface area contributed by atoms with Crippen molar-refractivity contribution in [1.29, 1.82) is 0 Å². The van der Waals surface area contributed by atoms with Crippen molar-refractivity contribution in [2.75, 3.05) is 0 Å². The molecule has 6 nitrogen and oxygen atoms in total. The molecule has 1 aliphatic rings. The molecule has 4 aromatic heterocycles. The number of aromatic nitrogens is 5. The Hall–Kier alpha value is -4.45. The van der Waals surface area contributed by atoms with Gasteiger partial charge in [-0.05, 0) is 78.8 Å². The summed E-state index contributed by atoms with van der Waals surface area (Å²) in [6.07, 6.45) is 12.9. The van der Waals surface area contributed by atoms with Crippen LogP contribution in [0.25, 0.3) is 50.0 Å². The van der Waals surface area contributed by atoms with E-state index < -0.39 is 0 Å². The van der Waals surface area contributed by atoms with Gasteiger partial charge in [-0.1, -0.05) is 30.9 Å². The Balaban J connectivity index is 1.46. The Bertz CT molecular complexity index is 1660. The second kappa shape index (κ2) is 8.40. The lowest BCUT2D eigenvalue weighted by Crippen LogP contribution is -1.95. The van der Waals surface area contributed by atoms with Crippen molar-refractivity contribution in [2.24, 2.45) is 5.73 Å². The Kier molecular flexibility index (Phi) is 5.07. The Morgan fingerprint density at radius 3 is 2.80 bits per heavy atom. The van der Waals surface area contributed by atoms with Crippen molar-refractivity contribution in [1.82, 2.24) is 25.1 Å². The van der Waals surface area contributed by atoms with Crippen LogP contribution < -0.4 is 5.73 Å². The van der Waals surface area contributed by atoms with Gasteiger partial charge < -0.3 is 10.7 Å². The van der Waals surface area contributed by atoms with Crippen LogP contribution in [0.3, 0.4) is 0 Å². The highest BCUT2D eigenvalue weighted by atomic mass is 15.1. The van der Waals surface area contributed by atoms with E-state index in [2.05, 4.69) is 51.0 Å². The fraction of sp³-hybridized carbons (Fsp3) is 0.138. The Morgan fingerprint density at radius 2 is 1.94 bits per heavy atom. The van der Waals surface area contributed by atoms with Crippen LogP contribution in [0.5, 0.6) is 0 Å². The molecule has 1 aromatic carbocycles. The lowest BCUT2D eigenvalue weighted by molar-refractivity contribution is 0.912. The Labute approximate surface area is 203 Å². The molecule has 0 fully saturated rings. The van der Waals surface area contributed by atoms with Gasteiger partial charge in [0.2, 0.25) is 0 Å². The number of fused-ring (bicyclic) bond motifs is 3. The average molecular weight is 459 g/mol. The van der Waals surface area contributed by atoms with Crippen LogP contribution >= 0.6 is 0 Å². The summed E-state index contributed by atoms with van der Waals surface area (Å²) in [5.41, 5.74) is 17.9. The molecule has 6 rings (SSSR count). The normalized spacial score (nSPS) is 14.1. The SMILES string of the molecule is C=C/C(N)=C\C(=C/C)c1ccc2[nH]nc(-c3cc4c(-c5ccc6c(c5)CCC6)cncc4[nH]3)c2n1. The summed E-state index contributed by atoms with van der Waals surface area (Å²) in [7, 11) is 0. The van der Waals surface area contributed by atoms with Crippen LogP contribution in [-0.2, 0) is 12.8 Å². The average Bonchev–Trinajstić information content (AvgIpc) is 3.63. The van der Waals surface area contributed by atoms with Crippen molar-refractivity contribution < 1.29 is 0 Å².